The molecule has 1 saturated heterocycles. The van der Waals surface area contributed by atoms with Crippen LogP contribution in [0.1, 0.15) is 25.7 Å². The Morgan fingerprint density at radius 2 is 2.34 bits per heavy atom. The van der Waals surface area contributed by atoms with Crippen molar-refractivity contribution >= 4 is 22.6 Å². The molecule has 4 heterocycles. The summed E-state index contributed by atoms with van der Waals surface area (Å²) in [5, 5.41) is 12.0. The number of hydrogen-bond donors (Lipinski definition) is 2. The van der Waals surface area contributed by atoms with E-state index in [2.05, 4.69) is 38.3 Å². The van der Waals surface area contributed by atoms with Gasteiger partial charge in [0.2, 0.25) is 11.8 Å². The summed E-state index contributed by atoms with van der Waals surface area (Å²) in [7, 11) is 0. The molecular weight excluding hydrogens is 375 g/mol. The van der Waals surface area contributed by atoms with Crippen LogP contribution in [0.15, 0.2) is 22.9 Å². The van der Waals surface area contributed by atoms with E-state index in [1.807, 2.05) is 6.07 Å². The van der Waals surface area contributed by atoms with Crippen LogP contribution >= 0.6 is 0 Å². The molecule has 1 aliphatic rings. The first-order valence-corrected chi connectivity index (χ1v) is 9.41. The van der Waals surface area contributed by atoms with Gasteiger partial charge in [-0.3, -0.25) is 4.79 Å². The van der Waals surface area contributed by atoms with Crippen LogP contribution in [0.3, 0.4) is 0 Å². The number of aromatic amines is 1. The molecule has 0 unspecified atom stereocenters. The number of nitrogens with zero attached hydrogens (tertiary/aromatic N) is 4. The number of anilines is 1. The number of carbonyl (C=O) groups excluding carboxylic acids is 1. The zero-order chi connectivity index (χ0) is 20.4. The molecule has 0 spiro atoms. The number of halogens is 1. The number of aromatic nitrogens is 4. The van der Waals surface area contributed by atoms with Gasteiger partial charge in [0.15, 0.2) is 6.67 Å². The molecule has 0 saturated carbocycles. The van der Waals surface area contributed by atoms with Gasteiger partial charge < -0.3 is 19.6 Å². The SMILES string of the molecule is C#CCC(=O)N1C[C@@H](C)C[C@@H](Nc2c(-c3nnc(CF)o3)cnc3[nH]ccc23)C1. The van der Waals surface area contributed by atoms with Crippen LogP contribution < -0.4 is 5.32 Å². The summed E-state index contributed by atoms with van der Waals surface area (Å²) in [6.45, 7) is 2.50. The van der Waals surface area contributed by atoms with E-state index < -0.39 is 6.67 Å². The molecule has 3 aromatic heterocycles. The molecule has 4 rings (SSSR count). The van der Waals surface area contributed by atoms with Crippen LogP contribution in [0.2, 0.25) is 0 Å². The fraction of sp³-hybridized carbons (Fsp3) is 0.400. The lowest BCUT2D eigenvalue weighted by Gasteiger charge is -2.37. The van der Waals surface area contributed by atoms with E-state index in [0.717, 1.165) is 17.5 Å². The van der Waals surface area contributed by atoms with E-state index in [1.165, 1.54) is 0 Å². The zero-order valence-electron chi connectivity index (χ0n) is 16.0. The van der Waals surface area contributed by atoms with Gasteiger partial charge in [-0.25, -0.2) is 9.37 Å². The molecule has 0 bridgehead atoms. The molecule has 2 atom stereocenters. The maximum absolute atomic E-state index is 12.9. The predicted molar refractivity (Wildman–Crippen MR) is 105 cm³/mol. The van der Waals surface area contributed by atoms with Gasteiger partial charge in [0.1, 0.15) is 5.65 Å². The topological polar surface area (TPSA) is 99.9 Å². The van der Waals surface area contributed by atoms with Gasteiger partial charge in [-0.1, -0.05) is 12.8 Å². The van der Waals surface area contributed by atoms with Crippen molar-refractivity contribution in [1.82, 2.24) is 25.1 Å². The van der Waals surface area contributed by atoms with Gasteiger partial charge in [0.25, 0.3) is 5.89 Å². The smallest absolute Gasteiger partial charge is 0.251 e. The number of likely N-dealkylation sites (tertiary alicyclic amines) is 1. The van der Waals surface area contributed by atoms with Gasteiger partial charge in [0, 0.05) is 36.9 Å². The van der Waals surface area contributed by atoms with Crippen LogP contribution in [0.25, 0.3) is 22.5 Å². The molecule has 1 fully saturated rings. The third-order valence-corrected chi connectivity index (χ3v) is 5.01. The van der Waals surface area contributed by atoms with Crippen molar-refractivity contribution in [3.63, 3.8) is 0 Å². The Balaban J connectivity index is 1.67. The van der Waals surface area contributed by atoms with Crippen LogP contribution in [0.4, 0.5) is 10.1 Å². The number of amides is 1. The van der Waals surface area contributed by atoms with Crippen molar-refractivity contribution in [2.45, 2.75) is 32.5 Å². The molecule has 0 aliphatic carbocycles. The maximum atomic E-state index is 12.9. The minimum absolute atomic E-state index is 0.00305. The molecule has 0 aromatic carbocycles. The zero-order valence-corrected chi connectivity index (χ0v) is 16.0. The number of carbonyl (C=O) groups is 1. The molecule has 1 aliphatic heterocycles. The van der Waals surface area contributed by atoms with E-state index in [0.29, 0.717) is 30.2 Å². The van der Waals surface area contributed by atoms with Gasteiger partial charge in [-0.05, 0) is 18.4 Å². The third-order valence-electron chi connectivity index (χ3n) is 5.01. The Labute approximate surface area is 166 Å². The second-order valence-corrected chi connectivity index (χ2v) is 7.28. The van der Waals surface area contributed by atoms with Gasteiger partial charge >= 0.3 is 0 Å². The summed E-state index contributed by atoms with van der Waals surface area (Å²) in [4.78, 5) is 21.6. The molecule has 9 heteroatoms. The molecule has 0 radical (unpaired) electrons. The van der Waals surface area contributed by atoms with Gasteiger partial charge in [-0.15, -0.1) is 16.6 Å². The van der Waals surface area contributed by atoms with Crippen molar-refractivity contribution in [2.24, 2.45) is 5.92 Å². The molecule has 8 nitrogen and oxygen atoms in total. The Bertz CT molecular complexity index is 1070. The van der Waals surface area contributed by atoms with Crippen LogP contribution in [-0.4, -0.2) is 50.1 Å². The molecule has 29 heavy (non-hydrogen) atoms. The van der Waals surface area contributed by atoms with Crippen molar-refractivity contribution in [1.29, 1.82) is 0 Å². The summed E-state index contributed by atoms with van der Waals surface area (Å²) in [5.74, 6) is 2.80. The Morgan fingerprint density at radius 1 is 1.48 bits per heavy atom. The van der Waals surface area contributed by atoms with Crippen LogP contribution in [0.5, 0.6) is 0 Å². The molecule has 3 aromatic rings. The maximum Gasteiger partial charge on any atom is 0.251 e. The fourth-order valence-electron chi connectivity index (χ4n) is 3.81. The largest absolute Gasteiger partial charge is 0.418 e. The monoisotopic (exact) mass is 396 g/mol. The highest BCUT2D eigenvalue weighted by atomic mass is 19.1. The quantitative estimate of drug-likeness (QED) is 0.644. The molecule has 2 N–H and O–H groups in total. The lowest BCUT2D eigenvalue weighted by Crippen LogP contribution is -2.48. The highest BCUT2D eigenvalue weighted by molar-refractivity contribution is 5.97. The number of rotatable bonds is 5. The van der Waals surface area contributed by atoms with E-state index in [1.54, 1.807) is 17.3 Å². The van der Waals surface area contributed by atoms with Crippen LogP contribution in [0, 0.1) is 18.3 Å². The number of hydrogen-bond acceptors (Lipinski definition) is 6. The summed E-state index contributed by atoms with van der Waals surface area (Å²) >= 11 is 0. The highest BCUT2D eigenvalue weighted by Crippen LogP contribution is 2.34. The van der Waals surface area contributed by atoms with Crippen molar-refractivity contribution in [3.05, 3.63) is 24.4 Å². The Morgan fingerprint density at radius 3 is 3.10 bits per heavy atom. The minimum Gasteiger partial charge on any atom is -0.418 e. The average molecular weight is 396 g/mol. The van der Waals surface area contributed by atoms with Crippen molar-refractivity contribution in [3.8, 4) is 23.8 Å². The number of H-pyrrole nitrogens is 1. The standard InChI is InChI=1S/C20H21FN6O2/c1-3-4-17(28)27-10-12(2)7-13(11-27)24-18-14-5-6-22-19(14)23-9-15(18)20-26-25-16(8-21)29-20/h1,5-6,9,12-13H,4,7-8,10-11H2,2H3,(H2,22,23,24)/t12-,13+/m0/s1. The Hall–Kier alpha value is -3.41. The first kappa shape index (κ1) is 18.9. The molecular formula is C20H21FN6O2. The number of pyridine rings is 1. The average Bonchev–Trinajstić information content (AvgIpc) is 3.37. The Kier molecular flexibility index (Phi) is 5.16. The normalized spacial score (nSPS) is 19.3. The highest BCUT2D eigenvalue weighted by Gasteiger charge is 2.29. The second kappa shape index (κ2) is 7.91. The van der Waals surface area contributed by atoms with E-state index in [9.17, 15) is 9.18 Å². The summed E-state index contributed by atoms with van der Waals surface area (Å²) < 4.78 is 18.3. The summed E-state index contributed by atoms with van der Waals surface area (Å²) in [5.41, 5.74) is 2.04. The predicted octanol–water partition coefficient (Wildman–Crippen LogP) is 2.75. The van der Waals surface area contributed by atoms with Crippen molar-refractivity contribution in [2.75, 3.05) is 18.4 Å². The van der Waals surface area contributed by atoms with E-state index in [-0.39, 0.29) is 30.2 Å². The number of nitrogens with one attached hydrogen (secondary N) is 2. The second-order valence-electron chi connectivity index (χ2n) is 7.28. The van der Waals surface area contributed by atoms with E-state index in [4.69, 9.17) is 10.8 Å². The van der Waals surface area contributed by atoms with Crippen molar-refractivity contribution < 1.29 is 13.6 Å². The van der Waals surface area contributed by atoms with E-state index >= 15 is 0 Å². The van der Waals surface area contributed by atoms with Gasteiger partial charge in [0.05, 0.1) is 17.7 Å². The first-order valence-electron chi connectivity index (χ1n) is 9.41. The first-order chi connectivity index (χ1) is 14.1. The lowest BCUT2D eigenvalue weighted by atomic mass is 9.95. The van der Waals surface area contributed by atoms with Crippen LogP contribution in [-0.2, 0) is 11.5 Å². The molecule has 150 valence electrons. The van der Waals surface area contributed by atoms with Gasteiger partial charge in [-0.2, -0.15) is 0 Å². The number of alkyl halides is 1. The number of fused-ring (bicyclic) bond motifs is 1. The third kappa shape index (κ3) is 3.78. The lowest BCUT2D eigenvalue weighted by molar-refractivity contribution is -0.131. The molecule has 1 amide bonds. The number of piperidine rings is 1. The number of terminal acetylenes is 1. The fourth-order valence-corrected chi connectivity index (χ4v) is 3.81. The summed E-state index contributed by atoms with van der Waals surface area (Å²) in [6.07, 6.45) is 9.69. The summed E-state index contributed by atoms with van der Waals surface area (Å²) in [6, 6.07) is 1.90. The minimum atomic E-state index is -0.831.